The first kappa shape index (κ1) is 14.9. The molecule has 0 radical (unpaired) electrons. The van der Waals surface area contributed by atoms with E-state index in [-0.39, 0.29) is 0 Å². The lowest BCUT2D eigenvalue weighted by Gasteiger charge is -2.21. The van der Waals surface area contributed by atoms with E-state index in [1.54, 1.807) is 6.07 Å². The number of nitrogens with one attached hydrogen (secondary N) is 1. The van der Waals surface area contributed by atoms with Gasteiger partial charge in [-0.3, -0.25) is 0 Å². The molecular weight excluding hydrogens is 244 g/mol. The molecule has 2 unspecified atom stereocenters. The summed E-state index contributed by atoms with van der Waals surface area (Å²) in [7, 11) is 0. The minimum Gasteiger partial charge on any atom is -0.382 e. The highest BCUT2D eigenvalue weighted by molar-refractivity contribution is 6.32. The van der Waals surface area contributed by atoms with E-state index in [9.17, 15) is 0 Å². The van der Waals surface area contributed by atoms with Crippen LogP contribution in [0.25, 0.3) is 0 Å². The average Bonchev–Trinajstić information content (AvgIpc) is 2.38. The van der Waals surface area contributed by atoms with Crippen molar-refractivity contribution in [3.05, 3.63) is 28.8 Å². The quantitative estimate of drug-likeness (QED) is 0.798. The van der Waals surface area contributed by atoms with Crippen LogP contribution in [0.4, 0.5) is 5.69 Å². The first-order chi connectivity index (χ1) is 8.60. The van der Waals surface area contributed by atoms with Crippen molar-refractivity contribution in [2.45, 2.75) is 46.1 Å². The molecule has 1 N–H and O–H groups in total. The second-order valence-electron chi connectivity index (χ2n) is 4.81. The molecule has 0 aliphatic carbocycles. The molecule has 0 amide bonds. The van der Waals surface area contributed by atoms with Crippen LogP contribution in [0.5, 0.6) is 0 Å². The van der Waals surface area contributed by atoms with E-state index in [1.165, 1.54) is 6.42 Å². The van der Waals surface area contributed by atoms with E-state index in [1.807, 2.05) is 12.1 Å². The van der Waals surface area contributed by atoms with Crippen LogP contribution in [0.1, 0.15) is 45.6 Å². The Balaban J connectivity index is 2.70. The fraction of sp³-hybridized carbons (Fsp3) is 0.533. The molecule has 0 aliphatic heterocycles. The van der Waals surface area contributed by atoms with Crippen LogP contribution in [0.2, 0.25) is 5.02 Å². The number of anilines is 1. The first-order valence-corrected chi connectivity index (χ1v) is 6.94. The predicted octanol–water partition coefficient (Wildman–Crippen LogP) is 4.84. The number of rotatable bonds is 6. The maximum absolute atomic E-state index is 8.83. The summed E-state index contributed by atoms with van der Waals surface area (Å²) < 4.78 is 0. The van der Waals surface area contributed by atoms with Crippen LogP contribution in [0, 0.1) is 17.2 Å². The molecule has 2 atom stereocenters. The SMILES string of the molecule is CCC(C)CC(CC)Nc1ccc(C#N)c(Cl)c1. The van der Waals surface area contributed by atoms with Gasteiger partial charge in [-0.25, -0.2) is 0 Å². The van der Waals surface area contributed by atoms with Crippen molar-refractivity contribution in [1.29, 1.82) is 5.26 Å². The Morgan fingerprint density at radius 3 is 2.56 bits per heavy atom. The normalized spacial score (nSPS) is 13.7. The molecule has 2 nitrogen and oxygen atoms in total. The summed E-state index contributed by atoms with van der Waals surface area (Å²) in [4.78, 5) is 0. The minimum absolute atomic E-state index is 0.462. The maximum Gasteiger partial charge on any atom is 0.101 e. The molecule has 3 heteroatoms. The summed E-state index contributed by atoms with van der Waals surface area (Å²) >= 11 is 6.03. The van der Waals surface area contributed by atoms with Gasteiger partial charge in [0.25, 0.3) is 0 Å². The lowest BCUT2D eigenvalue weighted by molar-refractivity contribution is 0.462. The molecule has 1 aromatic carbocycles. The van der Waals surface area contributed by atoms with Crippen molar-refractivity contribution < 1.29 is 0 Å². The van der Waals surface area contributed by atoms with Crippen molar-refractivity contribution >= 4 is 17.3 Å². The molecule has 0 bridgehead atoms. The number of nitriles is 1. The van der Waals surface area contributed by atoms with Crippen LogP contribution in [-0.4, -0.2) is 6.04 Å². The van der Waals surface area contributed by atoms with Crippen LogP contribution < -0.4 is 5.32 Å². The third-order valence-electron chi connectivity index (χ3n) is 3.34. The molecule has 98 valence electrons. The van der Waals surface area contributed by atoms with Crippen molar-refractivity contribution in [2.24, 2.45) is 5.92 Å². The first-order valence-electron chi connectivity index (χ1n) is 6.56. The Morgan fingerprint density at radius 1 is 1.33 bits per heavy atom. The highest BCUT2D eigenvalue weighted by Crippen LogP contribution is 2.23. The van der Waals surface area contributed by atoms with Gasteiger partial charge in [-0.15, -0.1) is 0 Å². The van der Waals surface area contributed by atoms with Crippen LogP contribution >= 0.6 is 11.6 Å². The molecule has 1 rings (SSSR count). The third-order valence-corrected chi connectivity index (χ3v) is 3.65. The topological polar surface area (TPSA) is 35.8 Å². The van der Waals surface area contributed by atoms with E-state index < -0.39 is 0 Å². The summed E-state index contributed by atoms with van der Waals surface area (Å²) in [6.45, 7) is 6.68. The summed E-state index contributed by atoms with van der Waals surface area (Å²) in [5, 5.41) is 12.8. The average molecular weight is 265 g/mol. The maximum atomic E-state index is 8.83. The largest absolute Gasteiger partial charge is 0.382 e. The van der Waals surface area contributed by atoms with Crippen LogP contribution in [-0.2, 0) is 0 Å². The zero-order chi connectivity index (χ0) is 13.5. The number of halogens is 1. The Morgan fingerprint density at radius 2 is 2.06 bits per heavy atom. The van der Waals surface area contributed by atoms with Gasteiger partial charge >= 0.3 is 0 Å². The molecule has 1 aromatic rings. The Kier molecular flexibility index (Phi) is 6.01. The summed E-state index contributed by atoms with van der Waals surface area (Å²) in [5.74, 6) is 0.719. The highest BCUT2D eigenvalue weighted by Gasteiger charge is 2.11. The smallest absolute Gasteiger partial charge is 0.101 e. The Hall–Kier alpha value is -1.20. The van der Waals surface area contributed by atoms with Gasteiger partial charge in [0, 0.05) is 11.7 Å². The molecular formula is C15H21ClN2. The molecule has 0 aliphatic rings. The molecule has 0 saturated carbocycles. The fourth-order valence-electron chi connectivity index (χ4n) is 1.91. The van der Waals surface area contributed by atoms with Gasteiger partial charge in [-0.2, -0.15) is 5.26 Å². The second kappa shape index (κ2) is 7.28. The second-order valence-corrected chi connectivity index (χ2v) is 5.21. The van der Waals surface area contributed by atoms with E-state index in [0.717, 1.165) is 24.4 Å². The summed E-state index contributed by atoms with van der Waals surface area (Å²) in [6, 6.07) is 8.05. The van der Waals surface area contributed by atoms with Gasteiger partial charge in [0.05, 0.1) is 10.6 Å². The standard InChI is InChI=1S/C15H21ClN2/c1-4-11(3)8-13(5-2)18-14-7-6-12(10-17)15(16)9-14/h6-7,9,11,13,18H,4-5,8H2,1-3H3. The molecule has 0 spiro atoms. The monoisotopic (exact) mass is 264 g/mol. The summed E-state index contributed by atoms with van der Waals surface area (Å²) in [6.07, 6.45) is 3.44. The minimum atomic E-state index is 0.462. The van der Waals surface area contributed by atoms with E-state index in [4.69, 9.17) is 16.9 Å². The van der Waals surface area contributed by atoms with Crippen molar-refractivity contribution in [1.82, 2.24) is 0 Å². The van der Waals surface area contributed by atoms with Crippen molar-refractivity contribution in [2.75, 3.05) is 5.32 Å². The lowest BCUT2D eigenvalue weighted by atomic mass is 9.97. The number of hydrogen-bond donors (Lipinski definition) is 1. The zero-order valence-electron chi connectivity index (χ0n) is 11.3. The third kappa shape index (κ3) is 4.23. The van der Waals surface area contributed by atoms with Gasteiger partial charge < -0.3 is 5.32 Å². The zero-order valence-corrected chi connectivity index (χ0v) is 12.1. The Labute approximate surface area is 115 Å². The van der Waals surface area contributed by atoms with Gasteiger partial charge in [0.1, 0.15) is 6.07 Å². The molecule has 0 aromatic heterocycles. The molecule has 0 fully saturated rings. The van der Waals surface area contributed by atoms with Crippen molar-refractivity contribution in [3.8, 4) is 6.07 Å². The van der Waals surface area contributed by atoms with Gasteiger partial charge in [-0.05, 0) is 37.0 Å². The fourth-order valence-corrected chi connectivity index (χ4v) is 2.13. The summed E-state index contributed by atoms with van der Waals surface area (Å²) in [5.41, 5.74) is 1.52. The number of hydrogen-bond acceptors (Lipinski definition) is 2. The number of benzene rings is 1. The van der Waals surface area contributed by atoms with Gasteiger partial charge in [0.15, 0.2) is 0 Å². The van der Waals surface area contributed by atoms with E-state index in [0.29, 0.717) is 16.6 Å². The number of nitrogens with zero attached hydrogens (tertiary/aromatic N) is 1. The predicted molar refractivity (Wildman–Crippen MR) is 77.9 cm³/mol. The van der Waals surface area contributed by atoms with Gasteiger partial charge in [-0.1, -0.05) is 38.8 Å². The molecule has 18 heavy (non-hydrogen) atoms. The van der Waals surface area contributed by atoms with E-state index in [2.05, 4.69) is 32.2 Å². The lowest BCUT2D eigenvalue weighted by Crippen LogP contribution is -2.21. The van der Waals surface area contributed by atoms with Crippen LogP contribution in [0.15, 0.2) is 18.2 Å². The molecule has 0 saturated heterocycles. The van der Waals surface area contributed by atoms with Gasteiger partial charge in [0.2, 0.25) is 0 Å². The van der Waals surface area contributed by atoms with Crippen LogP contribution in [0.3, 0.4) is 0 Å². The van der Waals surface area contributed by atoms with E-state index >= 15 is 0 Å². The molecule has 0 heterocycles. The highest BCUT2D eigenvalue weighted by atomic mass is 35.5. The Bertz CT molecular complexity index is 423. The van der Waals surface area contributed by atoms with Crippen molar-refractivity contribution in [3.63, 3.8) is 0 Å².